The number of nitrogen functional groups attached to an aromatic ring is 2. The molecule has 25 heavy (non-hydrogen) atoms. The molecule has 0 saturated heterocycles. The number of pyridine rings is 2. The monoisotopic (exact) mass is 349 g/mol. The van der Waals surface area contributed by atoms with Gasteiger partial charge in [0.25, 0.3) is 0 Å². The molecule has 3 aromatic rings. The molecule has 4 N–H and O–H groups in total. The van der Waals surface area contributed by atoms with Gasteiger partial charge in [0.15, 0.2) is 5.78 Å². The molecule has 0 bridgehead atoms. The van der Waals surface area contributed by atoms with Gasteiger partial charge in [-0.05, 0) is 31.5 Å². The number of carbonyl (C=O) groups excluding carboxylic acids is 1. The first-order valence-corrected chi connectivity index (χ1v) is 7.90. The zero-order chi connectivity index (χ0) is 18.3. The van der Waals surface area contributed by atoms with Crippen LogP contribution in [0.25, 0.3) is 16.7 Å². The van der Waals surface area contributed by atoms with Gasteiger partial charge in [-0.15, -0.1) is 0 Å². The number of hydrogen-bond donors (Lipinski definition) is 2. The highest BCUT2D eigenvalue weighted by atomic mass is 32.1. The van der Waals surface area contributed by atoms with Gasteiger partial charge in [0.05, 0.1) is 11.3 Å². The Labute approximate surface area is 149 Å². The Hall–Kier alpha value is -3.24. The number of ketones is 1. The maximum atomic E-state index is 12.2. The Balaban J connectivity index is 2.66. The number of aryl methyl sites for hydroxylation is 1. The fraction of sp³-hybridized carbons (Fsp3) is 0.111. The molecule has 0 spiro atoms. The first-order valence-electron chi connectivity index (χ1n) is 7.49. The van der Waals surface area contributed by atoms with E-state index in [9.17, 15) is 10.1 Å². The average molecular weight is 349 g/mol. The highest BCUT2D eigenvalue weighted by Gasteiger charge is 2.21. The number of nitriles is 1. The third-order valence-corrected chi connectivity index (χ3v) is 4.49. The van der Waals surface area contributed by atoms with Crippen molar-refractivity contribution in [3.8, 4) is 11.8 Å². The Morgan fingerprint density at radius 3 is 2.48 bits per heavy atom. The largest absolute Gasteiger partial charge is 0.397 e. The maximum absolute atomic E-state index is 12.2. The van der Waals surface area contributed by atoms with Crippen molar-refractivity contribution < 1.29 is 4.79 Å². The maximum Gasteiger partial charge on any atom is 0.163 e. The lowest BCUT2D eigenvalue weighted by Crippen LogP contribution is -2.13. The summed E-state index contributed by atoms with van der Waals surface area (Å²) in [4.78, 5) is 16.6. The summed E-state index contributed by atoms with van der Waals surface area (Å²) in [5.74, 6) is -0.148. The normalized spacial score (nSPS) is 10.6. The van der Waals surface area contributed by atoms with Crippen molar-refractivity contribution in [2.75, 3.05) is 11.5 Å². The summed E-state index contributed by atoms with van der Waals surface area (Å²) in [5, 5.41) is 9.83. The second-order valence-corrected chi connectivity index (χ2v) is 6.02. The molecule has 0 aliphatic carbocycles. The molecule has 2 aromatic heterocycles. The van der Waals surface area contributed by atoms with E-state index in [1.165, 1.54) is 6.92 Å². The number of benzene rings is 1. The van der Waals surface area contributed by atoms with Crippen LogP contribution in [0.5, 0.6) is 0 Å². The number of aromatic nitrogens is 2. The van der Waals surface area contributed by atoms with E-state index in [2.05, 4.69) is 4.98 Å². The van der Waals surface area contributed by atoms with E-state index in [0.29, 0.717) is 26.8 Å². The second kappa shape index (κ2) is 6.00. The van der Waals surface area contributed by atoms with Crippen molar-refractivity contribution in [1.82, 2.24) is 9.55 Å². The van der Waals surface area contributed by atoms with Crippen LogP contribution in [0, 0.1) is 22.9 Å². The third kappa shape index (κ3) is 2.44. The van der Waals surface area contributed by atoms with Crippen LogP contribution in [0.2, 0.25) is 0 Å². The van der Waals surface area contributed by atoms with Crippen LogP contribution in [0.15, 0.2) is 30.3 Å². The van der Waals surface area contributed by atoms with E-state index in [-0.39, 0.29) is 22.9 Å². The number of hydrogen-bond acceptors (Lipinski definition) is 6. The smallest absolute Gasteiger partial charge is 0.163 e. The van der Waals surface area contributed by atoms with Gasteiger partial charge < -0.3 is 11.5 Å². The minimum Gasteiger partial charge on any atom is -0.397 e. The zero-order valence-corrected chi connectivity index (χ0v) is 14.5. The highest BCUT2D eigenvalue weighted by Crippen LogP contribution is 2.33. The number of anilines is 2. The predicted molar refractivity (Wildman–Crippen MR) is 100 cm³/mol. The van der Waals surface area contributed by atoms with Crippen molar-refractivity contribution in [2.45, 2.75) is 13.8 Å². The minimum atomic E-state index is -0.177. The molecule has 124 valence electrons. The van der Waals surface area contributed by atoms with Crippen molar-refractivity contribution >= 4 is 40.5 Å². The fourth-order valence-electron chi connectivity index (χ4n) is 2.98. The quantitative estimate of drug-likeness (QED) is 0.542. The molecule has 2 heterocycles. The molecule has 6 nitrogen and oxygen atoms in total. The number of Topliss-reactive ketones (excluding diaryl/α,β-unsaturated/α-hetero) is 1. The summed E-state index contributed by atoms with van der Waals surface area (Å²) >= 11 is 5.57. The molecular formula is C18H15N5OS. The molecular weight excluding hydrogens is 334 g/mol. The number of rotatable bonds is 2. The van der Waals surface area contributed by atoms with E-state index in [1.54, 1.807) is 11.5 Å². The van der Waals surface area contributed by atoms with Gasteiger partial charge in [-0.25, -0.2) is 4.98 Å². The van der Waals surface area contributed by atoms with E-state index in [0.717, 1.165) is 5.69 Å². The Morgan fingerprint density at radius 2 is 1.92 bits per heavy atom. The summed E-state index contributed by atoms with van der Waals surface area (Å²) in [5.41, 5.74) is 14.5. The zero-order valence-electron chi connectivity index (χ0n) is 13.7. The molecule has 0 radical (unpaired) electrons. The lowest BCUT2D eigenvalue weighted by Gasteiger charge is -2.18. The lowest BCUT2D eigenvalue weighted by atomic mass is 10.0. The number of fused-ring (bicyclic) bond motifs is 1. The Morgan fingerprint density at radius 1 is 1.28 bits per heavy atom. The minimum absolute atomic E-state index is 0.0292. The van der Waals surface area contributed by atoms with Gasteiger partial charge >= 0.3 is 0 Å². The Kier molecular flexibility index (Phi) is 3.99. The van der Waals surface area contributed by atoms with Crippen LogP contribution >= 0.6 is 12.2 Å². The van der Waals surface area contributed by atoms with Crippen LogP contribution < -0.4 is 11.5 Å². The van der Waals surface area contributed by atoms with Crippen LogP contribution in [0.1, 0.15) is 28.4 Å². The number of para-hydroxylation sites is 1. The van der Waals surface area contributed by atoms with Gasteiger partial charge in [0.1, 0.15) is 27.7 Å². The molecule has 0 atom stereocenters. The van der Waals surface area contributed by atoms with Crippen molar-refractivity contribution in [3.05, 3.63) is 51.7 Å². The number of carbonyl (C=O) groups is 1. The molecule has 0 aliphatic rings. The van der Waals surface area contributed by atoms with Gasteiger partial charge in [-0.1, -0.05) is 30.4 Å². The lowest BCUT2D eigenvalue weighted by molar-refractivity contribution is 0.101. The summed E-state index contributed by atoms with van der Waals surface area (Å²) in [7, 11) is 0. The van der Waals surface area contributed by atoms with E-state index < -0.39 is 0 Å². The van der Waals surface area contributed by atoms with Crippen molar-refractivity contribution in [2.24, 2.45) is 0 Å². The molecule has 7 heteroatoms. The summed E-state index contributed by atoms with van der Waals surface area (Å²) < 4.78 is 2.00. The van der Waals surface area contributed by atoms with Gasteiger partial charge in [0.2, 0.25) is 0 Å². The predicted octanol–water partition coefficient (Wildman–Crippen LogP) is 3.30. The molecule has 0 aliphatic heterocycles. The van der Waals surface area contributed by atoms with Crippen LogP contribution in [-0.4, -0.2) is 15.3 Å². The number of nitrogens with two attached hydrogens (primary N) is 2. The van der Waals surface area contributed by atoms with Gasteiger partial charge in [0, 0.05) is 11.1 Å². The van der Waals surface area contributed by atoms with Gasteiger partial charge in [-0.3, -0.25) is 9.36 Å². The molecule has 0 saturated carbocycles. The summed E-state index contributed by atoms with van der Waals surface area (Å²) in [6, 6.07) is 11.3. The first-order chi connectivity index (χ1) is 11.9. The van der Waals surface area contributed by atoms with Crippen LogP contribution in [-0.2, 0) is 0 Å². The van der Waals surface area contributed by atoms with Crippen molar-refractivity contribution in [1.29, 1.82) is 5.26 Å². The molecule has 3 rings (SSSR count). The summed E-state index contributed by atoms with van der Waals surface area (Å²) in [6.07, 6.45) is 0. The third-order valence-electron chi connectivity index (χ3n) is 4.10. The number of nitrogens with zero attached hydrogens (tertiary/aromatic N) is 3. The Bertz CT molecular complexity index is 1130. The van der Waals surface area contributed by atoms with E-state index >= 15 is 0 Å². The first kappa shape index (κ1) is 16.6. The molecule has 0 unspecified atom stereocenters. The second-order valence-electron chi connectivity index (χ2n) is 5.63. The average Bonchev–Trinajstić information content (AvgIpc) is 2.55. The van der Waals surface area contributed by atoms with Crippen LogP contribution in [0.3, 0.4) is 0 Å². The molecule has 0 fully saturated rings. The SMILES string of the molecule is CC(=O)c1c(C)c2c(N)c(C#N)c(N)nc2n(-c2ccccc2)c1=S. The van der Waals surface area contributed by atoms with Crippen molar-refractivity contribution in [3.63, 3.8) is 0 Å². The van der Waals surface area contributed by atoms with E-state index in [4.69, 9.17) is 23.7 Å². The van der Waals surface area contributed by atoms with Crippen LogP contribution in [0.4, 0.5) is 11.5 Å². The topological polar surface area (TPSA) is 111 Å². The molecule has 0 amide bonds. The van der Waals surface area contributed by atoms with E-state index in [1.807, 2.05) is 36.4 Å². The fourth-order valence-corrected chi connectivity index (χ4v) is 3.47. The van der Waals surface area contributed by atoms with Gasteiger partial charge in [-0.2, -0.15) is 5.26 Å². The highest BCUT2D eigenvalue weighted by molar-refractivity contribution is 7.71. The standard InChI is InChI=1S/C18H15N5OS/c1-9-13(10(2)24)18(25)23(11-6-4-3-5-7-11)17-14(9)15(20)12(8-19)16(21)22-17/h3-7H,1-2H3,(H4,20,21,22). The molecule has 1 aromatic carbocycles. The summed E-state index contributed by atoms with van der Waals surface area (Å²) in [6.45, 7) is 3.20.